The van der Waals surface area contributed by atoms with Gasteiger partial charge in [-0.2, -0.15) is 0 Å². The molecule has 2 rings (SSSR count). The molecular weight excluding hydrogens is 192 g/mol. The summed E-state index contributed by atoms with van der Waals surface area (Å²) in [6.45, 7) is 6.76. The molecule has 78 valence electrons. The number of rotatable bonds is 1. The smallest absolute Gasteiger partial charge is 0.0900 e. The summed E-state index contributed by atoms with van der Waals surface area (Å²) in [6, 6.07) is 0.514. The van der Waals surface area contributed by atoms with Crippen molar-refractivity contribution in [3.63, 3.8) is 0 Å². The van der Waals surface area contributed by atoms with E-state index in [9.17, 15) is 0 Å². The van der Waals surface area contributed by atoms with E-state index >= 15 is 0 Å². The van der Waals surface area contributed by atoms with Gasteiger partial charge in [0.15, 0.2) is 0 Å². The van der Waals surface area contributed by atoms with E-state index in [0.717, 1.165) is 6.42 Å². The minimum atomic E-state index is 0.390. The highest BCUT2D eigenvalue weighted by molar-refractivity contribution is 7.11. The highest BCUT2D eigenvalue weighted by Gasteiger charge is 2.33. The summed E-state index contributed by atoms with van der Waals surface area (Å²) in [6.07, 6.45) is 2.35. The summed E-state index contributed by atoms with van der Waals surface area (Å²) in [7, 11) is 2.05. The normalized spacial score (nSPS) is 24.7. The van der Waals surface area contributed by atoms with Crippen LogP contribution in [0.4, 0.5) is 0 Å². The Morgan fingerprint density at radius 2 is 2.21 bits per heavy atom. The number of hydrogen-bond donors (Lipinski definition) is 1. The number of fused-ring (bicyclic) bond motifs is 1. The molecule has 3 heteroatoms. The monoisotopic (exact) mass is 210 g/mol. The zero-order valence-electron chi connectivity index (χ0n) is 9.35. The van der Waals surface area contributed by atoms with Crippen LogP contribution in [-0.2, 0) is 6.42 Å². The Balaban J connectivity index is 2.40. The molecule has 1 unspecified atom stereocenters. The van der Waals surface area contributed by atoms with E-state index in [2.05, 4.69) is 31.1 Å². The second-order valence-electron chi connectivity index (χ2n) is 4.93. The van der Waals surface area contributed by atoms with Gasteiger partial charge in [-0.1, -0.05) is 13.8 Å². The van der Waals surface area contributed by atoms with Gasteiger partial charge in [-0.3, -0.25) is 0 Å². The van der Waals surface area contributed by atoms with Crippen LogP contribution in [0.25, 0.3) is 0 Å². The third-order valence-corrected chi connectivity index (χ3v) is 4.03. The quantitative estimate of drug-likeness (QED) is 0.771. The largest absolute Gasteiger partial charge is 0.312 e. The van der Waals surface area contributed by atoms with Crippen LogP contribution in [-0.4, -0.2) is 12.0 Å². The number of nitrogens with one attached hydrogen (secondary N) is 1. The molecule has 1 N–H and O–H groups in total. The SMILES string of the molecule is CNC1CC(C)(C)Cc2nc(C)sc21. The fourth-order valence-electron chi connectivity index (χ4n) is 2.29. The van der Waals surface area contributed by atoms with Gasteiger partial charge in [0.05, 0.1) is 10.7 Å². The predicted octanol–water partition coefficient (Wildman–Crippen LogP) is 2.68. The minimum Gasteiger partial charge on any atom is -0.312 e. The van der Waals surface area contributed by atoms with Crippen molar-refractivity contribution in [3.8, 4) is 0 Å². The third-order valence-electron chi connectivity index (χ3n) is 2.90. The fraction of sp³-hybridized carbons (Fsp3) is 0.727. The minimum absolute atomic E-state index is 0.390. The van der Waals surface area contributed by atoms with E-state index in [0.29, 0.717) is 11.5 Å². The van der Waals surface area contributed by atoms with Crippen LogP contribution in [0, 0.1) is 12.3 Å². The molecule has 0 fully saturated rings. The molecule has 0 bridgehead atoms. The summed E-state index contributed by atoms with van der Waals surface area (Å²) in [5.74, 6) is 0. The molecule has 14 heavy (non-hydrogen) atoms. The maximum Gasteiger partial charge on any atom is 0.0900 e. The maximum absolute atomic E-state index is 4.62. The molecule has 1 aliphatic carbocycles. The number of hydrogen-bond acceptors (Lipinski definition) is 3. The Kier molecular flexibility index (Phi) is 2.40. The summed E-state index contributed by atoms with van der Waals surface area (Å²) < 4.78 is 0. The van der Waals surface area contributed by atoms with Crippen LogP contribution in [0.1, 0.15) is 41.9 Å². The van der Waals surface area contributed by atoms with Gasteiger partial charge < -0.3 is 5.32 Å². The van der Waals surface area contributed by atoms with E-state index in [4.69, 9.17) is 0 Å². The zero-order chi connectivity index (χ0) is 10.3. The lowest BCUT2D eigenvalue weighted by molar-refractivity contribution is 0.265. The molecule has 0 saturated heterocycles. The number of aromatic nitrogens is 1. The summed E-state index contributed by atoms with van der Waals surface area (Å²) in [5, 5.41) is 4.60. The molecule has 0 amide bonds. The van der Waals surface area contributed by atoms with Crippen molar-refractivity contribution in [2.75, 3.05) is 7.05 Å². The Morgan fingerprint density at radius 1 is 1.50 bits per heavy atom. The van der Waals surface area contributed by atoms with E-state index in [1.807, 2.05) is 18.4 Å². The molecule has 1 aromatic rings. The number of nitrogens with zero attached hydrogens (tertiary/aromatic N) is 1. The van der Waals surface area contributed by atoms with Crippen molar-refractivity contribution >= 4 is 11.3 Å². The number of aryl methyl sites for hydroxylation is 1. The lowest BCUT2D eigenvalue weighted by Crippen LogP contribution is -2.30. The van der Waals surface area contributed by atoms with Crippen molar-refractivity contribution in [2.45, 2.75) is 39.7 Å². The number of thiazole rings is 1. The average Bonchev–Trinajstić information content (AvgIpc) is 2.41. The molecule has 1 aromatic heterocycles. The van der Waals surface area contributed by atoms with Crippen LogP contribution in [0.2, 0.25) is 0 Å². The maximum atomic E-state index is 4.62. The van der Waals surface area contributed by atoms with Gasteiger partial charge in [-0.25, -0.2) is 4.98 Å². The van der Waals surface area contributed by atoms with Gasteiger partial charge in [-0.05, 0) is 32.2 Å². The van der Waals surface area contributed by atoms with Gasteiger partial charge in [0.1, 0.15) is 0 Å². The second kappa shape index (κ2) is 3.31. The second-order valence-corrected chi connectivity index (χ2v) is 6.16. The Morgan fingerprint density at radius 3 is 2.86 bits per heavy atom. The highest BCUT2D eigenvalue weighted by Crippen LogP contribution is 2.42. The van der Waals surface area contributed by atoms with E-state index in [1.54, 1.807) is 0 Å². The standard InChI is InChI=1S/C11H18N2S/c1-7-13-9-6-11(2,3)5-8(12-4)10(9)14-7/h8,12H,5-6H2,1-4H3. The average molecular weight is 210 g/mol. The fourth-order valence-corrected chi connectivity index (χ4v) is 3.34. The first kappa shape index (κ1) is 10.1. The molecule has 0 saturated carbocycles. The first-order chi connectivity index (χ1) is 6.52. The molecule has 1 heterocycles. The molecule has 0 radical (unpaired) electrons. The van der Waals surface area contributed by atoms with Crippen molar-refractivity contribution in [1.82, 2.24) is 10.3 Å². The highest BCUT2D eigenvalue weighted by atomic mass is 32.1. The van der Waals surface area contributed by atoms with Crippen LogP contribution in [0.15, 0.2) is 0 Å². The molecule has 2 nitrogen and oxygen atoms in total. The van der Waals surface area contributed by atoms with Crippen molar-refractivity contribution < 1.29 is 0 Å². The Labute approximate surface area is 89.8 Å². The van der Waals surface area contributed by atoms with Crippen molar-refractivity contribution in [2.24, 2.45) is 5.41 Å². The molecule has 0 aromatic carbocycles. The molecular formula is C11H18N2S. The zero-order valence-corrected chi connectivity index (χ0v) is 10.2. The lowest BCUT2D eigenvalue weighted by Gasteiger charge is -2.34. The molecule has 1 aliphatic rings. The summed E-state index contributed by atoms with van der Waals surface area (Å²) in [5.41, 5.74) is 1.71. The predicted molar refractivity (Wildman–Crippen MR) is 60.8 cm³/mol. The Hall–Kier alpha value is -0.410. The van der Waals surface area contributed by atoms with E-state index in [-0.39, 0.29) is 0 Å². The molecule has 0 aliphatic heterocycles. The topological polar surface area (TPSA) is 24.9 Å². The van der Waals surface area contributed by atoms with Gasteiger partial charge in [0.25, 0.3) is 0 Å². The van der Waals surface area contributed by atoms with Gasteiger partial charge in [-0.15, -0.1) is 11.3 Å². The van der Waals surface area contributed by atoms with Crippen LogP contribution < -0.4 is 5.32 Å². The van der Waals surface area contributed by atoms with Crippen LogP contribution in [0.3, 0.4) is 0 Å². The van der Waals surface area contributed by atoms with Gasteiger partial charge >= 0.3 is 0 Å². The van der Waals surface area contributed by atoms with Gasteiger partial charge in [0, 0.05) is 10.9 Å². The first-order valence-electron chi connectivity index (χ1n) is 5.15. The summed E-state index contributed by atoms with van der Waals surface area (Å²) in [4.78, 5) is 6.09. The third kappa shape index (κ3) is 1.71. The van der Waals surface area contributed by atoms with Crippen LogP contribution in [0.5, 0.6) is 0 Å². The molecule has 1 atom stereocenters. The van der Waals surface area contributed by atoms with E-state index < -0.39 is 0 Å². The summed E-state index contributed by atoms with van der Waals surface area (Å²) >= 11 is 1.85. The lowest BCUT2D eigenvalue weighted by atomic mass is 9.76. The van der Waals surface area contributed by atoms with Crippen molar-refractivity contribution in [1.29, 1.82) is 0 Å². The first-order valence-corrected chi connectivity index (χ1v) is 5.97. The Bertz CT molecular complexity index is 341. The van der Waals surface area contributed by atoms with Gasteiger partial charge in [0.2, 0.25) is 0 Å². The van der Waals surface area contributed by atoms with E-state index in [1.165, 1.54) is 22.0 Å². The van der Waals surface area contributed by atoms with Crippen molar-refractivity contribution in [3.05, 3.63) is 15.6 Å². The van der Waals surface area contributed by atoms with Crippen LogP contribution >= 0.6 is 11.3 Å². The molecule has 0 spiro atoms.